The molecule has 0 spiro atoms. The summed E-state index contributed by atoms with van der Waals surface area (Å²) in [5.74, 6) is -0.655. The van der Waals surface area contributed by atoms with Gasteiger partial charge in [-0.2, -0.15) is 0 Å². The Morgan fingerprint density at radius 1 is 1.15 bits per heavy atom. The number of fused-ring (bicyclic) bond motifs is 2. The van der Waals surface area contributed by atoms with Gasteiger partial charge in [0.2, 0.25) is 0 Å². The zero-order chi connectivity index (χ0) is 19.7. The van der Waals surface area contributed by atoms with Gasteiger partial charge in [0.25, 0.3) is 5.78 Å². The maximum absolute atomic E-state index is 11.4. The molecule has 4 heterocycles. The van der Waals surface area contributed by atoms with Crippen LogP contribution in [0.3, 0.4) is 0 Å². The summed E-state index contributed by atoms with van der Waals surface area (Å²) in [6.07, 6.45) is 4.53. The zero-order valence-corrected chi connectivity index (χ0v) is 17.9. The Hall–Kier alpha value is -1.68. The molecular weight excluding hydrogens is 524 g/mol. The van der Waals surface area contributed by atoms with E-state index in [9.17, 15) is 9.59 Å². The fourth-order valence-corrected chi connectivity index (χ4v) is 3.80. The number of hydrogen-bond donors (Lipinski definition) is 3. The topological polar surface area (TPSA) is 98.8 Å². The third kappa shape index (κ3) is 3.96. The summed E-state index contributed by atoms with van der Waals surface area (Å²) in [5, 5.41) is 11.1. The molecule has 4 aromatic heterocycles. The first-order chi connectivity index (χ1) is 12.8. The van der Waals surface area contributed by atoms with Gasteiger partial charge in [-0.15, -0.1) is 0 Å². The Balaban J connectivity index is 0.000000166. The first kappa shape index (κ1) is 20.1. The Labute approximate surface area is 179 Å². The second-order valence-corrected chi connectivity index (χ2v) is 7.70. The molecular formula is C16H8BBr2Cl2N3O3. The van der Waals surface area contributed by atoms with Crippen LogP contribution in [-0.4, -0.2) is 38.7 Å². The van der Waals surface area contributed by atoms with Gasteiger partial charge >= 0.3 is 83.9 Å². The number of carbonyl (C=O) groups excluding carboxylic acids is 1. The summed E-state index contributed by atoms with van der Waals surface area (Å²) in [4.78, 5) is 31.7. The van der Waals surface area contributed by atoms with E-state index in [1.54, 1.807) is 0 Å². The number of nitrogens with zero attached hydrogens (tertiary/aromatic N) is 1. The van der Waals surface area contributed by atoms with E-state index in [0.717, 1.165) is 20.3 Å². The molecule has 0 saturated heterocycles. The first-order valence-electron chi connectivity index (χ1n) is 7.31. The van der Waals surface area contributed by atoms with Gasteiger partial charge in [0.15, 0.2) is 0 Å². The molecule has 4 aromatic rings. The van der Waals surface area contributed by atoms with Crippen LogP contribution in [0.4, 0.5) is 0 Å². The number of halogens is 4. The van der Waals surface area contributed by atoms with Crippen molar-refractivity contribution in [1.82, 2.24) is 15.0 Å². The minimum absolute atomic E-state index is 0.0237. The molecule has 0 radical (unpaired) electrons. The van der Waals surface area contributed by atoms with E-state index in [1.165, 1.54) is 12.4 Å². The smallest absolute Gasteiger partial charge is 0.377 e. The molecule has 0 bridgehead atoms. The van der Waals surface area contributed by atoms with E-state index in [2.05, 4.69) is 46.8 Å². The van der Waals surface area contributed by atoms with Crippen molar-refractivity contribution >= 4 is 95.5 Å². The number of ketones is 1. The number of aliphatic carboxylic acids is 1. The van der Waals surface area contributed by atoms with Crippen molar-refractivity contribution in [1.29, 1.82) is 0 Å². The fourth-order valence-electron chi connectivity index (χ4n) is 2.46. The van der Waals surface area contributed by atoms with Gasteiger partial charge in [-0.05, 0) is 15.9 Å². The van der Waals surface area contributed by atoms with Crippen molar-refractivity contribution in [3.63, 3.8) is 0 Å². The Bertz CT molecular complexity index is 1160. The first-order valence-corrected chi connectivity index (χ1v) is 9.65. The standard InChI is InChI=1S/C9H4BrClN2O3.C7H4BBrClN/c10-8-6-5(4(11)2-13-8)3(1-12-6)7(14)9(15)16;9-7-6-4(1-2-11-6)5(10)3-8-7/h1-2,12H,(H,15,16);1-3,11H. The van der Waals surface area contributed by atoms with Crippen LogP contribution in [0, 0.1) is 0 Å². The molecule has 0 unspecified atom stereocenters. The van der Waals surface area contributed by atoms with Crippen molar-refractivity contribution in [2.45, 2.75) is 0 Å². The molecule has 0 aromatic carbocycles. The van der Waals surface area contributed by atoms with Gasteiger partial charge in [-0.3, -0.25) is 4.79 Å². The number of carboxylic acid groups (broad SMARTS) is 1. The quantitative estimate of drug-likeness (QED) is 0.189. The third-order valence-electron chi connectivity index (χ3n) is 3.67. The van der Waals surface area contributed by atoms with E-state index >= 15 is 0 Å². The maximum Gasteiger partial charge on any atom is 0.377 e. The summed E-state index contributed by atoms with van der Waals surface area (Å²) < 4.78 is 1.51. The number of aromatic amines is 2. The number of pyridine rings is 1. The average molecular weight is 532 g/mol. The summed E-state index contributed by atoms with van der Waals surface area (Å²) in [6.45, 7) is 1.93. The second-order valence-electron chi connectivity index (χ2n) is 5.28. The molecule has 136 valence electrons. The number of carboxylic acids is 1. The molecule has 0 aliphatic carbocycles. The normalized spacial score (nSPS) is 10.5. The van der Waals surface area contributed by atoms with E-state index in [4.69, 9.17) is 28.3 Å². The number of carbonyl (C=O) groups is 2. The molecule has 0 aliphatic rings. The van der Waals surface area contributed by atoms with Crippen LogP contribution < -0.4 is 0 Å². The van der Waals surface area contributed by atoms with Gasteiger partial charge in [0.05, 0.1) is 16.1 Å². The Morgan fingerprint density at radius 2 is 1.89 bits per heavy atom. The van der Waals surface area contributed by atoms with Gasteiger partial charge in [-0.25, -0.2) is 9.78 Å². The van der Waals surface area contributed by atoms with Gasteiger partial charge < -0.3 is 10.1 Å². The number of rotatable bonds is 2. The average Bonchev–Trinajstić information content (AvgIpc) is 3.29. The monoisotopic (exact) mass is 529 g/mol. The van der Waals surface area contributed by atoms with Crippen molar-refractivity contribution in [2.75, 3.05) is 0 Å². The van der Waals surface area contributed by atoms with Gasteiger partial charge in [-0.1, -0.05) is 11.6 Å². The fraction of sp³-hybridized carbons (Fsp3) is 0. The summed E-state index contributed by atoms with van der Waals surface area (Å²) in [6, 6.07) is 1.96. The van der Waals surface area contributed by atoms with Crippen LogP contribution in [0.15, 0.2) is 39.6 Å². The van der Waals surface area contributed by atoms with Crippen LogP contribution in [0.25, 0.3) is 21.8 Å². The molecule has 0 amide bonds. The Kier molecular flexibility index (Phi) is 6.05. The summed E-state index contributed by atoms with van der Waals surface area (Å²) >= 11 is 18.4. The van der Waals surface area contributed by atoms with Crippen LogP contribution >= 0.6 is 55.1 Å². The Morgan fingerprint density at radius 3 is 2.56 bits per heavy atom. The van der Waals surface area contributed by atoms with E-state index < -0.39 is 11.8 Å². The second kappa shape index (κ2) is 8.14. The largest absolute Gasteiger partial charge is 0.475 e. The SMILES string of the molecule is Clc1cbc(Br)c2[nH]ccc12.O=C(O)C(=O)c1c[nH]c2c(Br)ncc(Cl)c12. The van der Waals surface area contributed by atoms with Gasteiger partial charge in [0, 0.05) is 17.8 Å². The van der Waals surface area contributed by atoms with Crippen LogP contribution in [0.1, 0.15) is 10.4 Å². The molecule has 0 aliphatic heterocycles. The molecule has 0 saturated carbocycles. The van der Waals surface area contributed by atoms with Crippen molar-refractivity contribution in [3.05, 3.63) is 55.2 Å². The molecule has 0 fully saturated rings. The summed E-state index contributed by atoms with van der Waals surface area (Å²) in [5.41, 5.74) is 1.57. The number of aromatic nitrogens is 3. The van der Waals surface area contributed by atoms with Crippen LogP contribution in [0.5, 0.6) is 0 Å². The number of hydrogen-bond acceptors (Lipinski definition) is 3. The molecule has 3 N–H and O–H groups in total. The van der Waals surface area contributed by atoms with Crippen LogP contribution in [-0.2, 0) is 4.79 Å². The van der Waals surface area contributed by atoms with Gasteiger partial charge in [0.1, 0.15) is 4.60 Å². The minimum Gasteiger partial charge on any atom is -0.475 e. The van der Waals surface area contributed by atoms with E-state index in [0.29, 0.717) is 15.5 Å². The molecule has 0 atom stereocenters. The third-order valence-corrected chi connectivity index (χ3v) is 5.55. The number of H-pyrrole nitrogens is 2. The molecule has 4 rings (SSSR count). The van der Waals surface area contributed by atoms with Crippen molar-refractivity contribution < 1.29 is 14.7 Å². The number of nitrogens with one attached hydrogen (secondary N) is 2. The van der Waals surface area contributed by atoms with E-state index in [1.807, 2.05) is 25.1 Å². The predicted octanol–water partition coefficient (Wildman–Crippen LogP) is 5.17. The maximum atomic E-state index is 11.4. The molecule has 6 nitrogen and oxygen atoms in total. The van der Waals surface area contributed by atoms with E-state index in [-0.39, 0.29) is 10.6 Å². The zero-order valence-electron chi connectivity index (χ0n) is 13.2. The summed E-state index contributed by atoms with van der Waals surface area (Å²) in [7, 11) is 0. The predicted molar refractivity (Wildman–Crippen MR) is 113 cm³/mol. The van der Waals surface area contributed by atoms with Crippen molar-refractivity contribution in [3.8, 4) is 0 Å². The van der Waals surface area contributed by atoms with Crippen molar-refractivity contribution in [2.24, 2.45) is 0 Å². The number of Topliss-reactive ketones (excluding diaryl/α,β-unsaturated/α-hetero) is 1. The van der Waals surface area contributed by atoms with Crippen LogP contribution in [0.2, 0.25) is 10.0 Å². The molecule has 27 heavy (non-hydrogen) atoms. The molecule has 11 heteroatoms. The minimum atomic E-state index is -1.52.